The minimum absolute atomic E-state index is 0.536. The first-order valence-electron chi connectivity index (χ1n) is 5.46. The lowest BCUT2D eigenvalue weighted by Crippen LogP contribution is -2.00. The van der Waals surface area contributed by atoms with Crippen LogP contribution in [0.2, 0.25) is 5.02 Å². The Hall–Kier alpha value is -1.81. The van der Waals surface area contributed by atoms with Crippen molar-refractivity contribution in [1.82, 2.24) is 9.97 Å². The normalized spacial score (nSPS) is 10.4. The van der Waals surface area contributed by atoms with E-state index >= 15 is 0 Å². The molecule has 0 bridgehead atoms. The summed E-state index contributed by atoms with van der Waals surface area (Å²) in [6.45, 7) is 3.81. The van der Waals surface area contributed by atoms with Gasteiger partial charge in [-0.05, 0) is 31.5 Å². The molecular formula is C13H14ClN3O. The summed E-state index contributed by atoms with van der Waals surface area (Å²) in [6, 6.07) is 3.68. The first-order valence-corrected chi connectivity index (χ1v) is 5.84. The van der Waals surface area contributed by atoms with Gasteiger partial charge < -0.3 is 10.5 Å². The summed E-state index contributed by atoms with van der Waals surface area (Å²) in [5.41, 5.74) is 9.92. The van der Waals surface area contributed by atoms with Gasteiger partial charge in [0.15, 0.2) is 0 Å². The number of halogens is 1. The molecule has 0 saturated heterocycles. The molecule has 0 aliphatic rings. The highest BCUT2D eigenvalue weighted by atomic mass is 35.5. The van der Waals surface area contributed by atoms with Gasteiger partial charge >= 0.3 is 0 Å². The van der Waals surface area contributed by atoms with Crippen LogP contribution in [0.5, 0.6) is 5.75 Å². The Balaban J connectivity index is 2.64. The third kappa shape index (κ3) is 2.11. The highest BCUT2D eigenvalue weighted by Gasteiger charge is 2.13. The molecule has 1 heterocycles. The minimum atomic E-state index is 0.536. The van der Waals surface area contributed by atoms with Crippen molar-refractivity contribution in [2.45, 2.75) is 13.8 Å². The fraction of sp³-hybridized carbons (Fsp3) is 0.231. The van der Waals surface area contributed by atoms with Gasteiger partial charge in [-0.1, -0.05) is 11.6 Å². The molecule has 0 radical (unpaired) electrons. The van der Waals surface area contributed by atoms with Crippen molar-refractivity contribution in [3.63, 3.8) is 0 Å². The zero-order valence-electron chi connectivity index (χ0n) is 10.5. The predicted octanol–water partition coefficient (Wildman–Crippen LogP) is 3.00. The first kappa shape index (κ1) is 12.6. The van der Waals surface area contributed by atoms with Crippen molar-refractivity contribution in [2.75, 3.05) is 12.8 Å². The van der Waals surface area contributed by atoms with Crippen LogP contribution >= 0.6 is 11.6 Å². The van der Waals surface area contributed by atoms with E-state index in [4.69, 9.17) is 22.1 Å². The smallest absolute Gasteiger partial charge is 0.137 e. The van der Waals surface area contributed by atoms with Gasteiger partial charge in [0.25, 0.3) is 0 Å². The van der Waals surface area contributed by atoms with E-state index in [1.807, 2.05) is 26.0 Å². The third-order valence-corrected chi connectivity index (χ3v) is 3.13. The molecule has 1 aromatic heterocycles. The van der Waals surface area contributed by atoms with Gasteiger partial charge in [0, 0.05) is 5.56 Å². The summed E-state index contributed by atoms with van der Waals surface area (Å²) >= 11 is 6.13. The Morgan fingerprint density at radius 3 is 2.61 bits per heavy atom. The van der Waals surface area contributed by atoms with Crippen molar-refractivity contribution in [2.24, 2.45) is 0 Å². The third-order valence-electron chi connectivity index (χ3n) is 2.84. The second kappa shape index (κ2) is 4.82. The van der Waals surface area contributed by atoms with Crippen molar-refractivity contribution in [3.05, 3.63) is 34.7 Å². The molecule has 2 aromatic rings. The molecule has 5 heteroatoms. The van der Waals surface area contributed by atoms with Crippen molar-refractivity contribution in [3.8, 4) is 17.0 Å². The summed E-state index contributed by atoms with van der Waals surface area (Å²) in [5.74, 6) is 0.641. The Kier molecular flexibility index (Phi) is 3.39. The van der Waals surface area contributed by atoms with Crippen LogP contribution in [0.25, 0.3) is 11.3 Å². The number of hydrogen-bond donors (Lipinski definition) is 1. The van der Waals surface area contributed by atoms with Gasteiger partial charge in [-0.2, -0.15) is 0 Å². The Morgan fingerprint density at radius 1 is 1.22 bits per heavy atom. The van der Waals surface area contributed by atoms with Gasteiger partial charge in [0.05, 0.1) is 29.2 Å². The molecule has 94 valence electrons. The average Bonchev–Trinajstić information content (AvgIpc) is 2.35. The van der Waals surface area contributed by atoms with Gasteiger partial charge in [0.1, 0.15) is 12.1 Å². The number of aryl methyl sites for hydroxylation is 2. The number of methoxy groups -OCH3 is 1. The lowest BCUT2D eigenvalue weighted by Gasteiger charge is -2.12. The van der Waals surface area contributed by atoms with Crippen LogP contribution in [0.3, 0.4) is 0 Å². The number of anilines is 1. The molecule has 2 rings (SSSR count). The quantitative estimate of drug-likeness (QED) is 0.905. The molecule has 4 nitrogen and oxygen atoms in total. The van der Waals surface area contributed by atoms with Crippen molar-refractivity contribution >= 4 is 17.3 Å². The van der Waals surface area contributed by atoms with Crippen LogP contribution < -0.4 is 10.5 Å². The van der Waals surface area contributed by atoms with Crippen LogP contribution in [-0.4, -0.2) is 17.1 Å². The number of rotatable bonds is 2. The summed E-state index contributed by atoms with van der Waals surface area (Å²) in [4.78, 5) is 8.29. The van der Waals surface area contributed by atoms with Crippen molar-refractivity contribution in [1.29, 1.82) is 0 Å². The van der Waals surface area contributed by atoms with E-state index in [1.165, 1.54) is 6.33 Å². The highest BCUT2D eigenvalue weighted by Crippen LogP contribution is 2.35. The number of hydrogen-bond acceptors (Lipinski definition) is 4. The van der Waals surface area contributed by atoms with Gasteiger partial charge in [-0.3, -0.25) is 0 Å². The largest absolute Gasteiger partial charge is 0.495 e. The lowest BCUT2D eigenvalue weighted by molar-refractivity contribution is 0.415. The molecule has 0 aliphatic heterocycles. The Morgan fingerprint density at radius 2 is 1.94 bits per heavy atom. The van der Waals surface area contributed by atoms with Crippen molar-refractivity contribution < 1.29 is 4.74 Å². The Labute approximate surface area is 111 Å². The van der Waals surface area contributed by atoms with E-state index in [1.54, 1.807) is 7.11 Å². The molecule has 0 saturated carbocycles. The molecule has 0 amide bonds. The van der Waals surface area contributed by atoms with E-state index in [0.29, 0.717) is 22.2 Å². The highest BCUT2D eigenvalue weighted by molar-refractivity contribution is 6.32. The zero-order valence-corrected chi connectivity index (χ0v) is 11.2. The van der Waals surface area contributed by atoms with Crippen LogP contribution in [0.15, 0.2) is 18.5 Å². The first-order chi connectivity index (χ1) is 8.54. The number of benzene rings is 1. The molecule has 0 aliphatic carbocycles. The van der Waals surface area contributed by atoms with E-state index < -0.39 is 0 Å². The maximum absolute atomic E-state index is 6.13. The number of aromatic nitrogens is 2. The SMILES string of the molecule is COc1cc(C)c(-c2ncnc(C)c2N)cc1Cl. The Bertz CT molecular complexity index is 599. The summed E-state index contributed by atoms with van der Waals surface area (Å²) in [6.07, 6.45) is 1.50. The van der Waals surface area contributed by atoms with Gasteiger partial charge in [-0.15, -0.1) is 0 Å². The number of nitrogens with two attached hydrogens (primary N) is 1. The minimum Gasteiger partial charge on any atom is -0.495 e. The zero-order chi connectivity index (χ0) is 13.3. The van der Waals surface area contributed by atoms with E-state index in [-0.39, 0.29) is 0 Å². The van der Waals surface area contributed by atoms with Gasteiger partial charge in [-0.25, -0.2) is 9.97 Å². The molecule has 0 atom stereocenters. The van der Waals surface area contributed by atoms with Crippen LogP contribution in [0.1, 0.15) is 11.3 Å². The predicted molar refractivity (Wildman–Crippen MR) is 72.9 cm³/mol. The van der Waals surface area contributed by atoms with Crippen LogP contribution in [-0.2, 0) is 0 Å². The maximum atomic E-state index is 6.13. The van der Waals surface area contributed by atoms with Crippen LogP contribution in [0.4, 0.5) is 5.69 Å². The number of ether oxygens (including phenoxy) is 1. The van der Waals surface area contributed by atoms with E-state index in [0.717, 1.165) is 16.8 Å². The fourth-order valence-electron chi connectivity index (χ4n) is 1.76. The van der Waals surface area contributed by atoms with Crippen LogP contribution in [0, 0.1) is 13.8 Å². The summed E-state index contributed by atoms with van der Waals surface area (Å²) in [5, 5.41) is 0.536. The van der Waals surface area contributed by atoms with E-state index in [2.05, 4.69) is 9.97 Å². The average molecular weight is 264 g/mol. The second-order valence-electron chi connectivity index (χ2n) is 4.02. The lowest BCUT2D eigenvalue weighted by atomic mass is 10.0. The van der Waals surface area contributed by atoms with Gasteiger partial charge in [0.2, 0.25) is 0 Å². The number of nitrogens with zero attached hydrogens (tertiary/aromatic N) is 2. The molecule has 0 spiro atoms. The second-order valence-corrected chi connectivity index (χ2v) is 4.43. The molecule has 0 unspecified atom stereocenters. The summed E-state index contributed by atoms with van der Waals surface area (Å²) < 4.78 is 5.17. The number of nitrogen functional groups attached to an aromatic ring is 1. The molecular weight excluding hydrogens is 250 g/mol. The molecule has 18 heavy (non-hydrogen) atoms. The molecule has 2 N–H and O–H groups in total. The molecule has 1 aromatic carbocycles. The van der Waals surface area contributed by atoms with E-state index in [9.17, 15) is 0 Å². The standard InChI is InChI=1S/C13H14ClN3O/c1-7-4-11(18-3)10(14)5-9(7)13-12(15)8(2)16-6-17-13/h4-6H,15H2,1-3H3. The molecule has 0 fully saturated rings. The summed E-state index contributed by atoms with van der Waals surface area (Å²) in [7, 11) is 1.59. The monoisotopic (exact) mass is 263 g/mol. The fourth-order valence-corrected chi connectivity index (χ4v) is 2.01. The topological polar surface area (TPSA) is 61.0 Å². The maximum Gasteiger partial charge on any atom is 0.137 e.